The third kappa shape index (κ3) is 7.68. The molecule has 4 nitrogen and oxygen atoms in total. The maximum Gasteiger partial charge on any atom is 0.407 e. The molecule has 224 valence electrons. The van der Waals surface area contributed by atoms with Gasteiger partial charge < -0.3 is 18.0 Å². The smallest absolute Gasteiger partial charge is 0.407 e. The standard InChI is InChI=1S/C33H53IO4Si2/c1-26(2)36-40(28-18-13-11-14-19-28,29-20-15-12-16-21-29)38-33(8,23-17-25-34)30-22-24-32(7,35-30)27(3)37-39(9,10)31(4,5)6/h11-16,18-21,26-27,30H,17,22-25H2,1-10H3/t27-,30-,32+,33+/m1/s1. The summed E-state index contributed by atoms with van der Waals surface area (Å²) in [6.45, 7) is 22.5. The fraction of sp³-hybridized carbons (Fsp3) is 0.636. The van der Waals surface area contributed by atoms with Gasteiger partial charge >= 0.3 is 8.56 Å². The lowest BCUT2D eigenvalue weighted by Gasteiger charge is -2.46. The quantitative estimate of drug-likeness (QED) is 0.121. The normalized spacial score (nSPS) is 22.9. The van der Waals surface area contributed by atoms with Crippen LogP contribution in [0.25, 0.3) is 0 Å². The van der Waals surface area contributed by atoms with E-state index in [1.165, 1.54) is 0 Å². The molecule has 1 aliphatic heterocycles. The number of hydrogen-bond acceptors (Lipinski definition) is 4. The number of benzene rings is 2. The molecule has 2 aromatic carbocycles. The van der Waals surface area contributed by atoms with Gasteiger partial charge in [0.25, 0.3) is 0 Å². The van der Waals surface area contributed by atoms with Crippen molar-refractivity contribution in [1.82, 2.24) is 0 Å². The van der Waals surface area contributed by atoms with E-state index in [0.29, 0.717) is 0 Å². The van der Waals surface area contributed by atoms with E-state index in [0.717, 1.165) is 40.5 Å². The average molecular weight is 697 g/mol. The Morgan fingerprint density at radius 1 is 0.925 bits per heavy atom. The Balaban J connectivity index is 2.03. The van der Waals surface area contributed by atoms with E-state index in [1.54, 1.807) is 0 Å². The van der Waals surface area contributed by atoms with Gasteiger partial charge in [0.1, 0.15) is 0 Å². The molecule has 2 aromatic rings. The molecule has 7 heteroatoms. The number of alkyl halides is 1. The molecular weight excluding hydrogens is 643 g/mol. The number of ether oxygens (including phenoxy) is 1. The van der Waals surface area contributed by atoms with Gasteiger partial charge in [0, 0.05) is 6.10 Å². The van der Waals surface area contributed by atoms with E-state index in [2.05, 4.69) is 152 Å². The van der Waals surface area contributed by atoms with Crippen molar-refractivity contribution in [3.8, 4) is 0 Å². The molecule has 0 saturated carbocycles. The van der Waals surface area contributed by atoms with Crippen LogP contribution in [-0.4, -0.2) is 50.8 Å². The molecule has 0 N–H and O–H groups in total. The van der Waals surface area contributed by atoms with E-state index in [1.807, 2.05) is 0 Å². The van der Waals surface area contributed by atoms with Gasteiger partial charge in [0.2, 0.25) is 0 Å². The monoisotopic (exact) mass is 696 g/mol. The third-order valence-electron chi connectivity index (χ3n) is 9.03. The second-order valence-corrected chi connectivity index (χ2v) is 22.4. The van der Waals surface area contributed by atoms with Crippen LogP contribution in [0.5, 0.6) is 0 Å². The molecule has 4 atom stereocenters. The molecule has 1 heterocycles. The van der Waals surface area contributed by atoms with Crippen LogP contribution in [0, 0.1) is 0 Å². The summed E-state index contributed by atoms with van der Waals surface area (Å²) in [6, 6.07) is 21.2. The second kappa shape index (κ2) is 13.4. The van der Waals surface area contributed by atoms with Crippen molar-refractivity contribution in [3.05, 3.63) is 60.7 Å². The Labute approximate surface area is 260 Å². The summed E-state index contributed by atoms with van der Waals surface area (Å²) in [5.74, 6) is 0. The Hall–Kier alpha value is -0.556. The summed E-state index contributed by atoms with van der Waals surface area (Å²) in [4.78, 5) is 0. The largest absolute Gasteiger partial charge is 0.411 e. The Kier molecular flexibility index (Phi) is 11.4. The first-order chi connectivity index (χ1) is 18.6. The van der Waals surface area contributed by atoms with Gasteiger partial charge in [-0.05, 0) is 93.2 Å². The molecule has 40 heavy (non-hydrogen) atoms. The van der Waals surface area contributed by atoms with Crippen LogP contribution in [0.2, 0.25) is 18.1 Å². The van der Waals surface area contributed by atoms with Gasteiger partial charge in [-0.25, -0.2) is 0 Å². The minimum atomic E-state index is -3.11. The van der Waals surface area contributed by atoms with Crippen LogP contribution in [0.1, 0.15) is 81.1 Å². The lowest BCUT2D eigenvalue weighted by molar-refractivity contribution is -0.151. The van der Waals surface area contributed by atoms with Crippen molar-refractivity contribution in [2.45, 2.75) is 129 Å². The number of halogens is 1. The molecule has 1 aliphatic rings. The molecule has 1 fully saturated rings. The van der Waals surface area contributed by atoms with Gasteiger partial charge in [-0.1, -0.05) is 104 Å². The molecule has 0 amide bonds. The Morgan fingerprint density at radius 2 is 1.45 bits per heavy atom. The highest BCUT2D eigenvalue weighted by Gasteiger charge is 2.55. The van der Waals surface area contributed by atoms with Crippen molar-refractivity contribution in [2.24, 2.45) is 0 Å². The summed E-state index contributed by atoms with van der Waals surface area (Å²) in [5, 5.41) is 2.41. The second-order valence-electron chi connectivity index (χ2n) is 13.7. The van der Waals surface area contributed by atoms with Gasteiger partial charge in [-0.15, -0.1) is 0 Å². The van der Waals surface area contributed by atoms with Crippen molar-refractivity contribution in [1.29, 1.82) is 0 Å². The van der Waals surface area contributed by atoms with Gasteiger partial charge in [0.15, 0.2) is 8.32 Å². The van der Waals surface area contributed by atoms with E-state index < -0.39 is 22.5 Å². The summed E-state index contributed by atoms with van der Waals surface area (Å²) in [5.41, 5.74) is -0.885. The highest BCUT2D eigenvalue weighted by atomic mass is 127. The maximum absolute atomic E-state index is 7.58. The van der Waals surface area contributed by atoms with Gasteiger partial charge in [0.05, 0.1) is 23.4 Å². The van der Waals surface area contributed by atoms with Crippen LogP contribution in [0.15, 0.2) is 60.7 Å². The molecule has 0 radical (unpaired) electrons. The third-order valence-corrected chi connectivity index (χ3v) is 18.1. The molecule has 0 bridgehead atoms. The summed E-state index contributed by atoms with van der Waals surface area (Å²) in [7, 11) is -5.05. The van der Waals surface area contributed by atoms with Crippen LogP contribution >= 0.6 is 22.6 Å². The predicted octanol–water partition coefficient (Wildman–Crippen LogP) is 8.01. The van der Waals surface area contributed by atoms with Crippen molar-refractivity contribution in [3.63, 3.8) is 0 Å². The summed E-state index contributed by atoms with van der Waals surface area (Å²) >= 11 is 2.48. The van der Waals surface area contributed by atoms with Crippen LogP contribution in [-0.2, 0) is 18.0 Å². The zero-order valence-electron chi connectivity index (χ0n) is 26.6. The fourth-order valence-electron chi connectivity index (χ4n) is 5.45. The highest BCUT2D eigenvalue weighted by Crippen LogP contribution is 2.45. The van der Waals surface area contributed by atoms with Crippen LogP contribution in [0.4, 0.5) is 0 Å². The molecule has 3 rings (SSSR count). The highest BCUT2D eigenvalue weighted by molar-refractivity contribution is 14.1. The molecule has 0 unspecified atom stereocenters. The van der Waals surface area contributed by atoms with Gasteiger partial charge in [-0.2, -0.15) is 0 Å². The SMILES string of the molecule is CC(C)O[Si](O[C@@](C)(CCCI)[C@H]1CC[C@@](C)([C@@H](C)O[Si](C)(C)C(C)(C)C)O1)(c1ccccc1)c1ccccc1. The summed E-state index contributed by atoms with van der Waals surface area (Å²) in [6.07, 6.45) is 3.81. The van der Waals surface area contributed by atoms with Gasteiger partial charge in [-0.3, -0.25) is 0 Å². The summed E-state index contributed by atoms with van der Waals surface area (Å²) < 4.78 is 29.6. The number of hydrogen-bond donors (Lipinski definition) is 0. The topological polar surface area (TPSA) is 36.9 Å². The van der Waals surface area contributed by atoms with Crippen molar-refractivity contribution in [2.75, 3.05) is 4.43 Å². The average Bonchev–Trinajstić information content (AvgIpc) is 3.31. The van der Waals surface area contributed by atoms with Crippen LogP contribution in [0.3, 0.4) is 0 Å². The molecule has 0 spiro atoms. The predicted molar refractivity (Wildman–Crippen MR) is 182 cm³/mol. The van der Waals surface area contributed by atoms with Crippen molar-refractivity contribution >= 4 is 49.8 Å². The molecular formula is C33H53IO4Si2. The Morgan fingerprint density at radius 3 is 1.90 bits per heavy atom. The van der Waals surface area contributed by atoms with Crippen molar-refractivity contribution < 1.29 is 18.0 Å². The van der Waals surface area contributed by atoms with E-state index in [9.17, 15) is 0 Å². The molecule has 0 aliphatic carbocycles. The van der Waals surface area contributed by atoms with E-state index in [-0.39, 0.29) is 29.0 Å². The molecule has 1 saturated heterocycles. The zero-order chi connectivity index (χ0) is 29.8. The van der Waals surface area contributed by atoms with Crippen LogP contribution < -0.4 is 10.4 Å². The maximum atomic E-state index is 7.58. The lowest BCUT2D eigenvalue weighted by atomic mass is 9.90. The van der Waals surface area contributed by atoms with E-state index in [4.69, 9.17) is 18.0 Å². The minimum Gasteiger partial charge on any atom is -0.411 e. The fourth-order valence-corrected chi connectivity index (χ4v) is 11.0. The first-order valence-electron chi connectivity index (χ1n) is 15.0. The number of rotatable bonds is 13. The minimum absolute atomic E-state index is 0.00406. The van der Waals surface area contributed by atoms with E-state index >= 15 is 0 Å². The zero-order valence-corrected chi connectivity index (χ0v) is 30.7. The first-order valence-corrected chi connectivity index (χ1v) is 21.2. The first kappa shape index (κ1) is 33.9. The Bertz CT molecular complexity index is 1020. The lowest BCUT2D eigenvalue weighted by Crippen LogP contribution is -2.69. The molecule has 0 aromatic heterocycles.